The van der Waals surface area contributed by atoms with E-state index in [1.165, 1.54) is 16.7 Å². The standard InChI is InChI=1S/C22H27F2N/c1-17-8-9-20(14-18(17)2)15-25-13-12-22(23,24)21(16-25)11-10-19-6-4-3-5-7-19/h3-9,14,21H,10-13,15-16H2,1-2H3/t21-/m0/s1. The number of piperidine rings is 1. The van der Waals surface area contributed by atoms with Gasteiger partial charge in [0.05, 0.1) is 0 Å². The van der Waals surface area contributed by atoms with E-state index in [0.29, 0.717) is 19.5 Å². The highest BCUT2D eigenvalue weighted by Gasteiger charge is 2.43. The SMILES string of the molecule is Cc1ccc(CN2CCC(F)(F)[C@@H](CCc3ccccc3)C2)cc1C. The number of benzene rings is 2. The summed E-state index contributed by atoms with van der Waals surface area (Å²) >= 11 is 0. The number of halogens is 2. The average molecular weight is 343 g/mol. The van der Waals surface area contributed by atoms with Crippen LogP contribution in [0.15, 0.2) is 48.5 Å². The van der Waals surface area contributed by atoms with E-state index < -0.39 is 11.8 Å². The minimum atomic E-state index is -2.55. The lowest BCUT2D eigenvalue weighted by Gasteiger charge is -2.38. The van der Waals surface area contributed by atoms with Crippen LogP contribution in [0.2, 0.25) is 0 Å². The summed E-state index contributed by atoms with van der Waals surface area (Å²) in [4.78, 5) is 2.19. The lowest BCUT2D eigenvalue weighted by atomic mass is 9.88. The van der Waals surface area contributed by atoms with Crippen LogP contribution in [0, 0.1) is 19.8 Å². The van der Waals surface area contributed by atoms with Gasteiger partial charge in [0.25, 0.3) is 5.92 Å². The van der Waals surface area contributed by atoms with Gasteiger partial charge in [-0.1, -0.05) is 48.5 Å². The molecule has 1 nitrogen and oxygen atoms in total. The van der Waals surface area contributed by atoms with Crippen LogP contribution in [0.25, 0.3) is 0 Å². The second-order valence-corrected chi connectivity index (χ2v) is 7.39. The molecule has 0 radical (unpaired) electrons. The molecule has 0 bridgehead atoms. The summed E-state index contributed by atoms with van der Waals surface area (Å²) in [6, 6.07) is 16.4. The lowest BCUT2D eigenvalue weighted by molar-refractivity contribution is -0.109. The Bertz CT molecular complexity index is 696. The van der Waals surface area contributed by atoms with E-state index in [9.17, 15) is 8.78 Å². The van der Waals surface area contributed by atoms with Crippen molar-refractivity contribution in [1.29, 1.82) is 0 Å². The topological polar surface area (TPSA) is 3.24 Å². The highest BCUT2D eigenvalue weighted by molar-refractivity contribution is 5.29. The lowest BCUT2D eigenvalue weighted by Crippen LogP contribution is -2.46. The largest absolute Gasteiger partial charge is 0.298 e. The molecule has 0 spiro atoms. The van der Waals surface area contributed by atoms with Crippen LogP contribution in [0.3, 0.4) is 0 Å². The molecular weight excluding hydrogens is 316 g/mol. The molecule has 1 atom stereocenters. The maximum Gasteiger partial charge on any atom is 0.253 e. The summed E-state index contributed by atoms with van der Waals surface area (Å²) in [5.74, 6) is -3.11. The fourth-order valence-corrected chi connectivity index (χ4v) is 3.64. The van der Waals surface area contributed by atoms with Gasteiger partial charge in [-0.05, 0) is 48.9 Å². The van der Waals surface area contributed by atoms with E-state index in [0.717, 1.165) is 18.5 Å². The molecule has 0 amide bonds. The first-order chi connectivity index (χ1) is 11.9. The molecule has 0 aliphatic carbocycles. The van der Waals surface area contributed by atoms with E-state index in [-0.39, 0.29) is 6.42 Å². The Labute approximate surface area is 149 Å². The molecule has 1 saturated heterocycles. The van der Waals surface area contributed by atoms with Crippen molar-refractivity contribution in [3.63, 3.8) is 0 Å². The Hall–Kier alpha value is -1.74. The molecule has 25 heavy (non-hydrogen) atoms. The molecule has 3 heteroatoms. The molecule has 0 saturated carbocycles. The molecule has 1 aliphatic heterocycles. The molecule has 2 aromatic carbocycles. The van der Waals surface area contributed by atoms with Crippen molar-refractivity contribution in [1.82, 2.24) is 4.90 Å². The van der Waals surface area contributed by atoms with E-state index in [4.69, 9.17) is 0 Å². The van der Waals surface area contributed by atoms with Gasteiger partial charge in [0, 0.05) is 32.0 Å². The summed E-state index contributed by atoms with van der Waals surface area (Å²) < 4.78 is 28.7. The quantitative estimate of drug-likeness (QED) is 0.703. The highest BCUT2D eigenvalue weighted by atomic mass is 19.3. The van der Waals surface area contributed by atoms with Crippen molar-refractivity contribution in [3.8, 4) is 0 Å². The van der Waals surface area contributed by atoms with Crippen LogP contribution in [-0.2, 0) is 13.0 Å². The summed E-state index contributed by atoms with van der Waals surface area (Å²) in [6.07, 6.45) is 1.23. The van der Waals surface area contributed by atoms with Crippen LogP contribution >= 0.6 is 0 Å². The number of hydrogen-bond acceptors (Lipinski definition) is 1. The Morgan fingerprint density at radius 3 is 2.48 bits per heavy atom. The van der Waals surface area contributed by atoms with Crippen molar-refractivity contribution >= 4 is 0 Å². The van der Waals surface area contributed by atoms with Crippen LogP contribution in [-0.4, -0.2) is 23.9 Å². The van der Waals surface area contributed by atoms with E-state index in [1.54, 1.807) is 0 Å². The van der Waals surface area contributed by atoms with Gasteiger partial charge in [-0.25, -0.2) is 8.78 Å². The predicted molar refractivity (Wildman–Crippen MR) is 99.0 cm³/mol. The third-order valence-corrected chi connectivity index (χ3v) is 5.44. The Kier molecular flexibility index (Phi) is 5.53. The van der Waals surface area contributed by atoms with Gasteiger partial charge in [-0.3, -0.25) is 4.90 Å². The summed E-state index contributed by atoms with van der Waals surface area (Å²) in [5, 5.41) is 0. The zero-order valence-corrected chi connectivity index (χ0v) is 15.1. The van der Waals surface area contributed by atoms with Crippen LogP contribution in [0.4, 0.5) is 8.78 Å². The summed E-state index contributed by atoms with van der Waals surface area (Å²) in [7, 11) is 0. The first-order valence-corrected chi connectivity index (χ1v) is 9.14. The van der Waals surface area contributed by atoms with E-state index in [1.807, 2.05) is 30.3 Å². The van der Waals surface area contributed by atoms with Crippen molar-refractivity contribution in [3.05, 3.63) is 70.8 Å². The van der Waals surface area contributed by atoms with E-state index >= 15 is 0 Å². The zero-order chi connectivity index (χ0) is 17.9. The number of nitrogens with zero attached hydrogens (tertiary/aromatic N) is 1. The second kappa shape index (κ2) is 7.65. The fraction of sp³-hybridized carbons (Fsp3) is 0.455. The molecule has 2 aromatic rings. The van der Waals surface area contributed by atoms with Gasteiger partial charge in [0.15, 0.2) is 0 Å². The van der Waals surface area contributed by atoms with Gasteiger partial charge >= 0.3 is 0 Å². The minimum absolute atomic E-state index is 0.0305. The van der Waals surface area contributed by atoms with Gasteiger partial charge < -0.3 is 0 Å². The predicted octanol–water partition coefficient (Wildman–Crippen LogP) is 5.39. The highest BCUT2D eigenvalue weighted by Crippen LogP contribution is 2.36. The van der Waals surface area contributed by atoms with Gasteiger partial charge in [0.2, 0.25) is 0 Å². The zero-order valence-electron chi connectivity index (χ0n) is 15.1. The van der Waals surface area contributed by atoms with E-state index in [2.05, 4.69) is 36.9 Å². The molecule has 0 unspecified atom stereocenters. The molecule has 1 heterocycles. The van der Waals surface area contributed by atoms with Crippen LogP contribution < -0.4 is 0 Å². The minimum Gasteiger partial charge on any atom is -0.298 e. The second-order valence-electron chi connectivity index (χ2n) is 7.39. The van der Waals surface area contributed by atoms with Gasteiger partial charge in [0.1, 0.15) is 0 Å². The fourth-order valence-electron chi connectivity index (χ4n) is 3.64. The smallest absolute Gasteiger partial charge is 0.253 e. The molecule has 3 rings (SSSR count). The van der Waals surface area contributed by atoms with Gasteiger partial charge in [-0.15, -0.1) is 0 Å². The first-order valence-electron chi connectivity index (χ1n) is 9.14. The van der Waals surface area contributed by atoms with Crippen LogP contribution in [0.1, 0.15) is 35.1 Å². The third kappa shape index (κ3) is 4.66. The first kappa shape index (κ1) is 18.1. The maximum absolute atomic E-state index is 14.4. The molecular formula is C22H27F2N. The van der Waals surface area contributed by atoms with Gasteiger partial charge in [-0.2, -0.15) is 0 Å². The molecule has 1 fully saturated rings. The number of alkyl halides is 2. The van der Waals surface area contributed by atoms with Crippen LogP contribution in [0.5, 0.6) is 0 Å². The Balaban J connectivity index is 1.62. The van der Waals surface area contributed by atoms with Crippen molar-refractivity contribution < 1.29 is 8.78 Å². The Morgan fingerprint density at radius 1 is 1.00 bits per heavy atom. The third-order valence-electron chi connectivity index (χ3n) is 5.44. The number of aryl methyl sites for hydroxylation is 3. The normalized spacial score (nSPS) is 20.6. The number of likely N-dealkylation sites (tertiary alicyclic amines) is 1. The monoisotopic (exact) mass is 343 g/mol. The van der Waals surface area contributed by atoms with Crippen molar-refractivity contribution in [2.24, 2.45) is 5.92 Å². The summed E-state index contributed by atoms with van der Waals surface area (Å²) in [6.45, 7) is 5.92. The summed E-state index contributed by atoms with van der Waals surface area (Å²) in [5.41, 5.74) is 4.90. The van der Waals surface area contributed by atoms with Crippen molar-refractivity contribution in [2.45, 2.75) is 45.6 Å². The average Bonchev–Trinajstić information content (AvgIpc) is 2.59. The van der Waals surface area contributed by atoms with Crippen molar-refractivity contribution in [2.75, 3.05) is 13.1 Å². The molecule has 1 aliphatic rings. The molecule has 0 aromatic heterocycles. The maximum atomic E-state index is 14.4. The Morgan fingerprint density at radius 2 is 1.76 bits per heavy atom. The number of hydrogen-bond donors (Lipinski definition) is 0. The molecule has 134 valence electrons. The molecule has 0 N–H and O–H groups in total. The number of rotatable bonds is 5.